The molecule has 1 aromatic rings. The fourth-order valence-electron chi connectivity index (χ4n) is 1.28. The molecule has 0 bridgehead atoms. The molecule has 1 aromatic carbocycles. The third-order valence-electron chi connectivity index (χ3n) is 2.12. The molecule has 0 saturated carbocycles. The maximum Gasteiger partial charge on any atom is 0.0301 e. The number of benzene rings is 1. The first-order chi connectivity index (χ1) is 6.29. The second-order valence-corrected chi connectivity index (χ2v) is 2.97. The lowest BCUT2D eigenvalue weighted by Crippen LogP contribution is -2.13. The molecule has 0 aliphatic carbocycles. The van der Waals surface area contributed by atoms with Gasteiger partial charge in [0.15, 0.2) is 0 Å². The van der Waals surface area contributed by atoms with E-state index in [1.54, 1.807) is 0 Å². The van der Waals surface area contributed by atoms with E-state index in [0.29, 0.717) is 6.04 Å². The molecule has 1 unspecified atom stereocenters. The topological polar surface area (TPSA) is 12.0 Å². The summed E-state index contributed by atoms with van der Waals surface area (Å²) >= 11 is 0. The van der Waals surface area contributed by atoms with E-state index in [0.717, 1.165) is 5.56 Å². The van der Waals surface area contributed by atoms with Crippen LogP contribution in [0.5, 0.6) is 0 Å². The molecule has 1 rings (SSSR count). The summed E-state index contributed by atoms with van der Waals surface area (Å²) in [7, 11) is 1.96. The van der Waals surface area contributed by atoms with Gasteiger partial charge in [-0.15, -0.1) is 5.92 Å². The molecule has 1 nitrogen and oxygen atoms in total. The van der Waals surface area contributed by atoms with E-state index in [2.05, 4.69) is 36.2 Å². The molecule has 0 aliphatic heterocycles. The highest BCUT2D eigenvalue weighted by Gasteiger charge is 2.05. The molecule has 1 atom stereocenters. The minimum Gasteiger partial charge on any atom is -0.313 e. The standard InChI is InChI=1S/C12H15N/c1-4-7-11-8-5-6-9-12(11)10(2)13-3/h5-6,8-10,13H,1-3H3. The first-order valence-electron chi connectivity index (χ1n) is 4.48. The van der Waals surface area contributed by atoms with Crippen LogP contribution in [0.15, 0.2) is 24.3 Å². The van der Waals surface area contributed by atoms with E-state index in [1.165, 1.54) is 5.56 Å². The Kier molecular flexibility index (Phi) is 3.54. The van der Waals surface area contributed by atoms with Crippen molar-refractivity contribution in [3.63, 3.8) is 0 Å². The van der Waals surface area contributed by atoms with Crippen LogP contribution in [-0.2, 0) is 0 Å². The Hall–Kier alpha value is -1.26. The van der Waals surface area contributed by atoms with Gasteiger partial charge in [0, 0.05) is 11.6 Å². The fourth-order valence-corrected chi connectivity index (χ4v) is 1.28. The highest BCUT2D eigenvalue weighted by molar-refractivity contribution is 5.42. The van der Waals surface area contributed by atoms with E-state index in [9.17, 15) is 0 Å². The predicted molar refractivity (Wildman–Crippen MR) is 56.5 cm³/mol. The first kappa shape index (κ1) is 9.83. The van der Waals surface area contributed by atoms with Gasteiger partial charge in [0.25, 0.3) is 0 Å². The Morgan fingerprint density at radius 2 is 2.00 bits per heavy atom. The Morgan fingerprint density at radius 1 is 1.31 bits per heavy atom. The summed E-state index contributed by atoms with van der Waals surface area (Å²) in [5, 5.41) is 3.21. The van der Waals surface area contributed by atoms with Crippen molar-refractivity contribution in [2.45, 2.75) is 19.9 Å². The van der Waals surface area contributed by atoms with Gasteiger partial charge in [0.05, 0.1) is 0 Å². The molecule has 0 fully saturated rings. The summed E-state index contributed by atoms with van der Waals surface area (Å²) < 4.78 is 0. The van der Waals surface area contributed by atoms with E-state index in [4.69, 9.17) is 0 Å². The predicted octanol–water partition coefficient (Wildman–Crippen LogP) is 2.34. The van der Waals surface area contributed by atoms with Crippen molar-refractivity contribution >= 4 is 0 Å². The van der Waals surface area contributed by atoms with Crippen molar-refractivity contribution in [1.82, 2.24) is 5.32 Å². The minimum absolute atomic E-state index is 0.358. The molecule has 0 spiro atoms. The maximum absolute atomic E-state index is 3.21. The Balaban J connectivity index is 3.09. The number of nitrogens with one attached hydrogen (secondary N) is 1. The smallest absolute Gasteiger partial charge is 0.0301 e. The van der Waals surface area contributed by atoms with Gasteiger partial charge in [-0.1, -0.05) is 24.1 Å². The van der Waals surface area contributed by atoms with E-state index in [1.807, 2.05) is 26.1 Å². The van der Waals surface area contributed by atoms with Crippen molar-refractivity contribution < 1.29 is 0 Å². The summed E-state index contributed by atoms with van der Waals surface area (Å²) in [6, 6.07) is 8.59. The number of rotatable bonds is 2. The molecule has 0 heterocycles. The molecular formula is C12H15N. The van der Waals surface area contributed by atoms with Gasteiger partial charge >= 0.3 is 0 Å². The van der Waals surface area contributed by atoms with Crippen LogP contribution in [0, 0.1) is 11.8 Å². The van der Waals surface area contributed by atoms with Crippen LogP contribution < -0.4 is 5.32 Å². The summed E-state index contributed by atoms with van der Waals surface area (Å²) in [5.41, 5.74) is 2.38. The number of hydrogen-bond donors (Lipinski definition) is 1. The third-order valence-corrected chi connectivity index (χ3v) is 2.12. The van der Waals surface area contributed by atoms with Crippen LogP contribution in [-0.4, -0.2) is 7.05 Å². The SMILES string of the molecule is CC#Cc1ccccc1C(C)NC. The third kappa shape index (κ3) is 2.34. The lowest BCUT2D eigenvalue weighted by Gasteiger charge is -2.12. The summed E-state index contributed by atoms with van der Waals surface area (Å²) in [4.78, 5) is 0. The highest BCUT2D eigenvalue weighted by Crippen LogP contribution is 2.15. The summed E-state index contributed by atoms with van der Waals surface area (Å²) in [6.45, 7) is 4.00. The average Bonchev–Trinajstić information content (AvgIpc) is 2.18. The molecule has 13 heavy (non-hydrogen) atoms. The molecule has 0 aromatic heterocycles. The van der Waals surface area contributed by atoms with Gasteiger partial charge < -0.3 is 5.32 Å². The van der Waals surface area contributed by atoms with Crippen molar-refractivity contribution in [3.05, 3.63) is 35.4 Å². The van der Waals surface area contributed by atoms with Crippen molar-refractivity contribution in [2.75, 3.05) is 7.05 Å². The zero-order valence-corrected chi connectivity index (χ0v) is 8.39. The van der Waals surface area contributed by atoms with Gasteiger partial charge in [-0.3, -0.25) is 0 Å². The fraction of sp³-hybridized carbons (Fsp3) is 0.333. The normalized spacial score (nSPS) is 11.6. The molecular weight excluding hydrogens is 158 g/mol. The zero-order valence-electron chi connectivity index (χ0n) is 8.39. The van der Waals surface area contributed by atoms with Crippen molar-refractivity contribution in [2.24, 2.45) is 0 Å². The van der Waals surface area contributed by atoms with Gasteiger partial charge in [0.2, 0.25) is 0 Å². The molecule has 1 N–H and O–H groups in total. The van der Waals surface area contributed by atoms with Crippen LogP contribution >= 0.6 is 0 Å². The van der Waals surface area contributed by atoms with E-state index >= 15 is 0 Å². The van der Waals surface area contributed by atoms with E-state index < -0.39 is 0 Å². The Labute approximate surface area is 80.2 Å². The molecule has 0 radical (unpaired) electrons. The quantitative estimate of drug-likeness (QED) is 0.677. The summed E-state index contributed by atoms with van der Waals surface area (Å²) in [6.07, 6.45) is 0. The highest BCUT2D eigenvalue weighted by atomic mass is 14.9. The van der Waals surface area contributed by atoms with Crippen LogP contribution in [0.2, 0.25) is 0 Å². The lowest BCUT2D eigenvalue weighted by atomic mass is 10.0. The van der Waals surface area contributed by atoms with E-state index in [-0.39, 0.29) is 0 Å². The Bertz CT molecular complexity index is 330. The van der Waals surface area contributed by atoms with Gasteiger partial charge in [-0.25, -0.2) is 0 Å². The van der Waals surface area contributed by atoms with Crippen LogP contribution in [0.1, 0.15) is 31.0 Å². The second kappa shape index (κ2) is 4.69. The molecule has 0 aliphatic rings. The van der Waals surface area contributed by atoms with Crippen LogP contribution in [0.3, 0.4) is 0 Å². The maximum atomic E-state index is 3.21. The first-order valence-corrected chi connectivity index (χ1v) is 4.48. The molecule has 1 heteroatoms. The number of hydrogen-bond acceptors (Lipinski definition) is 1. The van der Waals surface area contributed by atoms with Gasteiger partial charge in [-0.2, -0.15) is 0 Å². The Morgan fingerprint density at radius 3 is 2.62 bits per heavy atom. The molecule has 0 amide bonds. The summed E-state index contributed by atoms with van der Waals surface area (Å²) in [5.74, 6) is 6.03. The van der Waals surface area contributed by atoms with Crippen LogP contribution in [0.4, 0.5) is 0 Å². The largest absolute Gasteiger partial charge is 0.313 e. The minimum atomic E-state index is 0.358. The van der Waals surface area contributed by atoms with Gasteiger partial charge in [-0.05, 0) is 32.5 Å². The monoisotopic (exact) mass is 173 g/mol. The van der Waals surface area contributed by atoms with Crippen molar-refractivity contribution in [3.8, 4) is 11.8 Å². The molecule has 0 saturated heterocycles. The van der Waals surface area contributed by atoms with Gasteiger partial charge in [0.1, 0.15) is 0 Å². The second-order valence-electron chi connectivity index (χ2n) is 2.97. The molecule has 68 valence electrons. The average molecular weight is 173 g/mol. The lowest BCUT2D eigenvalue weighted by molar-refractivity contribution is 0.651. The van der Waals surface area contributed by atoms with Crippen LogP contribution in [0.25, 0.3) is 0 Å². The zero-order chi connectivity index (χ0) is 9.68. The van der Waals surface area contributed by atoms with Crippen molar-refractivity contribution in [1.29, 1.82) is 0 Å².